The summed E-state index contributed by atoms with van der Waals surface area (Å²) in [7, 11) is 0. The van der Waals surface area contributed by atoms with Gasteiger partial charge in [0.2, 0.25) is 0 Å². The van der Waals surface area contributed by atoms with Crippen molar-refractivity contribution in [2.24, 2.45) is 0 Å². The number of aliphatic hydroxyl groups is 1. The second-order valence-corrected chi connectivity index (χ2v) is 5.64. The van der Waals surface area contributed by atoms with Gasteiger partial charge in [-0.15, -0.1) is 0 Å². The normalized spacial score (nSPS) is 12.5. The van der Waals surface area contributed by atoms with Gasteiger partial charge in [0.1, 0.15) is 11.6 Å². The first-order chi connectivity index (χ1) is 9.93. The molecule has 1 N–H and O–H groups in total. The van der Waals surface area contributed by atoms with Gasteiger partial charge in [-0.3, -0.25) is 0 Å². The lowest BCUT2D eigenvalue weighted by atomic mass is 9.98. The molecule has 0 aliphatic carbocycles. The standard InChI is InChI=1S/C15H15BrF2N2O/c1-3-13-10(6-8(2)19-20-13)14(21)7-9-12(17)5-4-11(16)15(9)18/h4-6,14,21H,3,7H2,1-2H3. The fourth-order valence-electron chi connectivity index (χ4n) is 2.16. The minimum Gasteiger partial charge on any atom is -0.388 e. The zero-order valence-electron chi connectivity index (χ0n) is 11.7. The average Bonchev–Trinajstić information content (AvgIpc) is 2.47. The van der Waals surface area contributed by atoms with Crippen LogP contribution in [0, 0.1) is 18.6 Å². The Morgan fingerprint density at radius 3 is 2.67 bits per heavy atom. The van der Waals surface area contributed by atoms with Crippen LogP contribution < -0.4 is 0 Å². The molecule has 2 rings (SSSR count). The third-order valence-corrected chi connectivity index (χ3v) is 3.87. The topological polar surface area (TPSA) is 46.0 Å². The van der Waals surface area contributed by atoms with E-state index in [1.807, 2.05) is 6.92 Å². The average molecular weight is 357 g/mol. The summed E-state index contributed by atoms with van der Waals surface area (Å²) in [5, 5.41) is 18.3. The highest BCUT2D eigenvalue weighted by atomic mass is 79.9. The minimum atomic E-state index is -1.03. The number of aliphatic hydroxyl groups excluding tert-OH is 1. The van der Waals surface area contributed by atoms with E-state index >= 15 is 0 Å². The summed E-state index contributed by atoms with van der Waals surface area (Å²) in [5.41, 5.74) is 1.69. The third kappa shape index (κ3) is 3.44. The summed E-state index contributed by atoms with van der Waals surface area (Å²) in [6.45, 7) is 3.64. The van der Waals surface area contributed by atoms with Crippen LogP contribution in [0.5, 0.6) is 0 Å². The van der Waals surface area contributed by atoms with Crippen molar-refractivity contribution in [2.75, 3.05) is 0 Å². The minimum absolute atomic E-state index is 0.145. The van der Waals surface area contributed by atoms with Gasteiger partial charge in [-0.05, 0) is 47.5 Å². The van der Waals surface area contributed by atoms with Crippen molar-refractivity contribution >= 4 is 15.9 Å². The van der Waals surface area contributed by atoms with E-state index in [1.54, 1.807) is 13.0 Å². The fourth-order valence-corrected chi connectivity index (χ4v) is 2.53. The van der Waals surface area contributed by atoms with Crippen LogP contribution >= 0.6 is 15.9 Å². The Morgan fingerprint density at radius 2 is 2.00 bits per heavy atom. The molecule has 6 heteroatoms. The van der Waals surface area contributed by atoms with Gasteiger partial charge in [0.15, 0.2) is 0 Å². The zero-order valence-corrected chi connectivity index (χ0v) is 13.3. The molecule has 0 bridgehead atoms. The molecule has 1 aromatic carbocycles. The van der Waals surface area contributed by atoms with Gasteiger partial charge in [0, 0.05) is 17.5 Å². The molecule has 1 unspecified atom stereocenters. The molecule has 21 heavy (non-hydrogen) atoms. The number of rotatable bonds is 4. The first-order valence-electron chi connectivity index (χ1n) is 6.57. The monoisotopic (exact) mass is 356 g/mol. The van der Waals surface area contributed by atoms with Crippen molar-refractivity contribution in [2.45, 2.75) is 32.8 Å². The number of benzene rings is 1. The van der Waals surface area contributed by atoms with Crippen molar-refractivity contribution in [3.05, 3.63) is 56.8 Å². The summed E-state index contributed by atoms with van der Waals surface area (Å²) in [5.74, 6) is -1.36. The van der Waals surface area contributed by atoms with E-state index in [-0.39, 0.29) is 16.5 Å². The Balaban J connectivity index is 2.37. The predicted molar refractivity (Wildman–Crippen MR) is 78.9 cm³/mol. The summed E-state index contributed by atoms with van der Waals surface area (Å²) >= 11 is 3.02. The first kappa shape index (κ1) is 16.0. The number of hydrogen-bond acceptors (Lipinski definition) is 3. The predicted octanol–water partition coefficient (Wildman–Crippen LogP) is 3.66. The lowest BCUT2D eigenvalue weighted by Crippen LogP contribution is -2.11. The lowest BCUT2D eigenvalue weighted by molar-refractivity contribution is 0.173. The van der Waals surface area contributed by atoms with Gasteiger partial charge in [-0.1, -0.05) is 6.92 Å². The molecule has 0 saturated heterocycles. The van der Waals surface area contributed by atoms with Crippen LogP contribution in [-0.2, 0) is 12.8 Å². The maximum Gasteiger partial charge on any atom is 0.143 e. The summed E-state index contributed by atoms with van der Waals surface area (Å²) in [6, 6.07) is 4.17. The maximum atomic E-state index is 14.0. The van der Waals surface area contributed by atoms with Gasteiger partial charge in [0.05, 0.1) is 22.0 Å². The van der Waals surface area contributed by atoms with Gasteiger partial charge in [-0.25, -0.2) is 8.78 Å². The molecule has 1 atom stereocenters. The number of halogens is 3. The fraction of sp³-hybridized carbons (Fsp3) is 0.333. The van der Waals surface area contributed by atoms with E-state index in [0.29, 0.717) is 23.4 Å². The highest BCUT2D eigenvalue weighted by molar-refractivity contribution is 9.10. The molecule has 3 nitrogen and oxygen atoms in total. The van der Waals surface area contributed by atoms with Crippen LogP contribution in [0.3, 0.4) is 0 Å². The van der Waals surface area contributed by atoms with Crippen LogP contribution in [0.2, 0.25) is 0 Å². The van der Waals surface area contributed by atoms with Crippen LogP contribution in [0.25, 0.3) is 0 Å². The van der Waals surface area contributed by atoms with E-state index in [1.165, 1.54) is 12.1 Å². The highest BCUT2D eigenvalue weighted by Gasteiger charge is 2.20. The second-order valence-electron chi connectivity index (χ2n) is 4.78. The molecule has 2 aromatic rings. The molecule has 0 aliphatic heterocycles. The van der Waals surface area contributed by atoms with Gasteiger partial charge in [0.25, 0.3) is 0 Å². The van der Waals surface area contributed by atoms with E-state index in [4.69, 9.17) is 0 Å². The van der Waals surface area contributed by atoms with Crippen molar-refractivity contribution in [1.29, 1.82) is 0 Å². The zero-order chi connectivity index (χ0) is 15.6. The van der Waals surface area contributed by atoms with E-state index in [0.717, 1.165) is 0 Å². The lowest BCUT2D eigenvalue weighted by Gasteiger charge is -2.15. The van der Waals surface area contributed by atoms with E-state index in [2.05, 4.69) is 26.1 Å². The number of hydrogen-bond donors (Lipinski definition) is 1. The highest BCUT2D eigenvalue weighted by Crippen LogP contribution is 2.27. The van der Waals surface area contributed by atoms with E-state index < -0.39 is 17.7 Å². The molecule has 0 amide bonds. The number of aromatic nitrogens is 2. The molecule has 0 spiro atoms. The number of nitrogens with zero attached hydrogens (tertiary/aromatic N) is 2. The van der Waals surface area contributed by atoms with Gasteiger partial charge < -0.3 is 5.11 Å². The first-order valence-corrected chi connectivity index (χ1v) is 7.36. The van der Waals surface area contributed by atoms with Crippen molar-refractivity contribution in [1.82, 2.24) is 10.2 Å². The molecule has 0 aliphatic rings. The van der Waals surface area contributed by atoms with Crippen molar-refractivity contribution < 1.29 is 13.9 Å². The van der Waals surface area contributed by atoms with Crippen molar-refractivity contribution in [3.63, 3.8) is 0 Å². The molecule has 1 heterocycles. The molecule has 0 radical (unpaired) electrons. The summed E-state index contributed by atoms with van der Waals surface area (Å²) in [4.78, 5) is 0. The summed E-state index contributed by atoms with van der Waals surface area (Å²) < 4.78 is 27.9. The SMILES string of the molecule is CCc1nnc(C)cc1C(O)Cc1c(F)ccc(Br)c1F. The Kier molecular flexibility index (Phi) is 5.00. The smallest absolute Gasteiger partial charge is 0.143 e. The Labute approximate surface area is 130 Å². The van der Waals surface area contributed by atoms with Crippen LogP contribution in [-0.4, -0.2) is 15.3 Å². The Bertz CT molecular complexity index is 664. The number of aryl methyl sites for hydroxylation is 2. The summed E-state index contributed by atoms with van der Waals surface area (Å²) in [6.07, 6.45) is -0.606. The molecule has 112 valence electrons. The van der Waals surface area contributed by atoms with Crippen LogP contribution in [0.4, 0.5) is 8.78 Å². The molecular weight excluding hydrogens is 342 g/mol. The van der Waals surface area contributed by atoms with E-state index in [9.17, 15) is 13.9 Å². The van der Waals surface area contributed by atoms with Gasteiger partial charge >= 0.3 is 0 Å². The molecule has 0 saturated carbocycles. The van der Waals surface area contributed by atoms with Gasteiger partial charge in [-0.2, -0.15) is 10.2 Å². The molecule has 1 aromatic heterocycles. The molecule has 0 fully saturated rings. The maximum absolute atomic E-state index is 14.0. The van der Waals surface area contributed by atoms with Crippen LogP contribution in [0.15, 0.2) is 22.7 Å². The second kappa shape index (κ2) is 6.58. The third-order valence-electron chi connectivity index (χ3n) is 3.26. The largest absolute Gasteiger partial charge is 0.388 e. The van der Waals surface area contributed by atoms with Crippen molar-refractivity contribution in [3.8, 4) is 0 Å². The quantitative estimate of drug-likeness (QED) is 0.850. The Morgan fingerprint density at radius 1 is 1.29 bits per heavy atom. The molecular formula is C15H15BrF2N2O. The Hall–Kier alpha value is -1.40. The van der Waals surface area contributed by atoms with Crippen LogP contribution in [0.1, 0.15) is 35.5 Å².